The Balaban J connectivity index is 2.40. The summed E-state index contributed by atoms with van der Waals surface area (Å²) in [5, 5.41) is 0. The van der Waals surface area contributed by atoms with E-state index in [0.29, 0.717) is 0 Å². The van der Waals surface area contributed by atoms with Crippen LogP contribution in [-0.4, -0.2) is 0 Å². The summed E-state index contributed by atoms with van der Waals surface area (Å²) in [7, 11) is 0. The lowest BCUT2D eigenvalue weighted by Gasteiger charge is -1.97. The molecule has 0 radical (unpaired) electrons. The summed E-state index contributed by atoms with van der Waals surface area (Å²) in [6.45, 7) is 8.31. The molecule has 84 valence electrons. The van der Waals surface area contributed by atoms with E-state index < -0.39 is 0 Å². The summed E-state index contributed by atoms with van der Waals surface area (Å²) >= 11 is 0. The molecule has 0 N–H and O–H groups in total. The molecular weight excluding hydrogens is 192 g/mol. The largest absolute Gasteiger partial charge is 0.0958 e. The molecule has 0 aliphatic rings. The van der Waals surface area contributed by atoms with E-state index in [2.05, 4.69) is 50.8 Å². The van der Waals surface area contributed by atoms with Gasteiger partial charge in [0.15, 0.2) is 0 Å². The first-order valence-electron chi connectivity index (χ1n) is 5.73. The van der Waals surface area contributed by atoms with Crippen LogP contribution in [0.4, 0.5) is 0 Å². The molecule has 16 heavy (non-hydrogen) atoms. The second kappa shape index (κ2) is 6.84. The maximum absolute atomic E-state index is 4.05. The van der Waals surface area contributed by atoms with Crippen LogP contribution in [0.15, 0.2) is 60.2 Å². The van der Waals surface area contributed by atoms with Crippen LogP contribution < -0.4 is 0 Å². The summed E-state index contributed by atoms with van der Waals surface area (Å²) in [6, 6.07) is 10.3. The summed E-state index contributed by atoms with van der Waals surface area (Å²) in [5.74, 6) is 0. The minimum absolute atomic E-state index is 1.04. The van der Waals surface area contributed by atoms with Crippen LogP contribution >= 0.6 is 0 Å². The second-order valence-corrected chi connectivity index (χ2v) is 4.22. The van der Waals surface area contributed by atoms with Gasteiger partial charge in [0.1, 0.15) is 0 Å². The quantitative estimate of drug-likeness (QED) is 0.476. The Morgan fingerprint density at radius 2 is 1.88 bits per heavy atom. The number of hydrogen-bond donors (Lipinski definition) is 0. The number of rotatable bonds is 5. The van der Waals surface area contributed by atoms with Gasteiger partial charge in [-0.1, -0.05) is 66.3 Å². The van der Waals surface area contributed by atoms with Gasteiger partial charge in [0.25, 0.3) is 0 Å². The topological polar surface area (TPSA) is 0 Å². The highest BCUT2D eigenvalue weighted by Gasteiger charge is 1.88. The first kappa shape index (κ1) is 12.5. The van der Waals surface area contributed by atoms with Crippen LogP contribution in [0.5, 0.6) is 0 Å². The summed E-state index contributed by atoms with van der Waals surface area (Å²) in [4.78, 5) is 0. The molecule has 1 aromatic carbocycles. The van der Waals surface area contributed by atoms with Gasteiger partial charge in [-0.2, -0.15) is 0 Å². The van der Waals surface area contributed by atoms with Gasteiger partial charge in [-0.05, 0) is 32.3 Å². The Hall–Kier alpha value is -1.56. The molecule has 0 unspecified atom stereocenters. The Bertz CT molecular complexity index is 376. The fourth-order valence-corrected chi connectivity index (χ4v) is 1.41. The predicted molar refractivity (Wildman–Crippen MR) is 73.3 cm³/mol. The number of allylic oxidation sites excluding steroid dienone is 4. The highest BCUT2D eigenvalue weighted by atomic mass is 13.9. The zero-order valence-corrected chi connectivity index (χ0v) is 10.2. The molecule has 0 spiro atoms. The molecule has 0 amide bonds. The van der Waals surface area contributed by atoms with Crippen molar-refractivity contribution in [3.05, 3.63) is 65.8 Å². The highest BCUT2D eigenvalue weighted by Crippen LogP contribution is 2.09. The minimum atomic E-state index is 1.04. The molecule has 0 aliphatic carbocycles. The summed E-state index contributed by atoms with van der Waals surface area (Å²) in [5.41, 5.74) is 3.78. The van der Waals surface area contributed by atoms with Crippen molar-refractivity contribution in [1.82, 2.24) is 0 Å². The molecule has 0 saturated heterocycles. The Morgan fingerprint density at radius 3 is 2.50 bits per heavy atom. The Morgan fingerprint density at radius 1 is 1.19 bits per heavy atom. The predicted octanol–water partition coefficient (Wildman–Crippen LogP) is 5.00. The van der Waals surface area contributed by atoms with Gasteiger partial charge in [0.2, 0.25) is 0 Å². The molecular formula is C16H20. The van der Waals surface area contributed by atoms with Gasteiger partial charge in [-0.15, -0.1) is 0 Å². The maximum atomic E-state index is 4.05. The average Bonchev–Trinajstić information content (AvgIpc) is 2.27. The van der Waals surface area contributed by atoms with E-state index in [1.165, 1.54) is 16.7 Å². The van der Waals surface area contributed by atoms with Crippen LogP contribution in [0.25, 0.3) is 6.08 Å². The molecule has 0 heteroatoms. The maximum Gasteiger partial charge on any atom is -0.0250 e. The highest BCUT2D eigenvalue weighted by molar-refractivity contribution is 5.52. The lowest BCUT2D eigenvalue weighted by Crippen LogP contribution is -1.76. The zero-order chi connectivity index (χ0) is 11.8. The number of hydrogen-bond acceptors (Lipinski definition) is 0. The fraction of sp³-hybridized carbons (Fsp3) is 0.250. The van der Waals surface area contributed by atoms with Crippen LogP contribution in [0.2, 0.25) is 0 Å². The fourth-order valence-electron chi connectivity index (χ4n) is 1.41. The van der Waals surface area contributed by atoms with E-state index in [0.717, 1.165) is 12.8 Å². The molecule has 0 aliphatic heterocycles. The van der Waals surface area contributed by atoms with Crippen molar-refractivity contribution in [3.63, 3.8) is 0 Å². The normalized spacial score (nSPS) is 10.4. The Kier molecular flexibility index (Phi) is 5.35. The third-order valence-electron chi connectivity index (χ3n) is 2.33. The van der Waals surface area contributed by atoms with Crippen LogP contribution in [0.3, 0.4) is 0 Å². The van der Waals surface area contributed by atoms with Gasteiger partial charge in [0, 0.05) is 0 Å². The van der Waals surface area contributed by atoms with Crippen LogP contribution in [0, 0.1) is 0 Å². The van der Waals surface area contributed by atoms with Gasteiger partial charge >= 0.3 is 0 Å². The van der Waals surface area contributed by atoms with Crippen molar-refractivity contribution in [2.24, 2.45) is 0 Å². The van der Waals surface area contributed by atoms with E-state index >= 15 is 0 Å². The van der Waals surface area contributed by atoms with E-state index in [4.69, 9.17) is 0 Å². The molecule has 0 fully saturated rings. The third kappa shape index (κ3) is 5.35. The van der Waals surface area contributed by atoms with E-state index in [-0.39, 0.29) is 0 Å². The summed E-state index contributed by atoms with van der Waals surface area (Å²) < 4.78 is 0. The van der Waals surface area contributed by atoms with Crippen molar-refractivity contribution in [2.45, 2.75) is 26.7 Å². The van der Waals surface area contributed by atoms with Crippen molar-refractivity contribution < 1.29 is 0 Å². The van der Waals surface area contributed by atoms with Gasteiger partial charge < -0.3 is 0 Å². The minimum Gasteiger partial charge on any atom is -0.0958 e. The van der Waals surface area contributed by atoms with Crippen LogP contribution in [-0.2, 0) is 0 Å². The average molecular weight is 212 g/mol. The monoisotopic (exact) mass is 212 g/mol. The summed E-state index contributed by atoms with van der Waals surface area (Å²) in [6.07, 6.45) is 8.59. The van der Waals surface area contributed by atoms with Crippen molar-refractivity contribution in [1.29, 1.82) is 0 Å². The third-order valence-corrected chi connectivity index (χ3v) is 2.33. The molecule has 1 aromatic rings. The Labute approximate surface area is 99.0 Å². The van der Waals surface area contributed by atoms with Crippen molar-refractivity contribution >= 4 is 6.08 Å². The molecule has 0 bridgehead atoms. The van der Waals surface area contributed by atoms with Gasteiger partial charge in [-0.25, -0.2) is 0 Å². The first-order chi connectivity index (χ1) is 7.68. The second-order valence-electron chi connectivity index (χ2n) is 4.22. The van der Waals surface area contributed by atoms with Crippen molar-refractivity contribution in [3.8, 4) is 0 Å². The van der Waals surface area contributed by atoms with E-state index in [9.17, 15) is 0 Å². The molecule has 0 heterocycles. The lowest BCUT2D eigenvalue weighted by atomic mass is 10.1. The molecule has 0 saturated carbocycles. The molecule has 0 atom stereocenters. The lowest BCUT2D eigenvalue weighted by molar-refractivity contribution is 1.000. The molecule has 0 nitrogen and oxygen atoms in total. The zero-order valence-electron chi connectivity index (χ0n) is 10.2. The SMILES string of the molecule is C=C(/C=C/c1ccccc1)CCC=C(C)C. The van der Waals surface area contributed by atoms with Gasteiger partial charge in [0.05, 0.1) is 0 Å². The number of benzene rings is 1. The van der Waals surface area contributed by atoms with Crippen molar-refractivity contribution in [2.75, 3.05) is 0 Å². The van der Waals surface area contributed by atoms with E-state index in [1.54, 1.807) is 0 Å². The standard InChI is InChI=1S/C16H20/c1-14(2)8-7-9-15(3)12-13-16-10-5-4-6-11-16/h4-6,8,10-13H,3,7,9H2,1-2H3/b13-12+. The van der Waals surface area contributed by atoms with Gasteiger partial charge in [-0.3, -0.25) is 0 Å². The molecule has 0 aromatic heterocycles. The first-order valence-corrected chi connectivity index (χ1v) is 5.73. The smallest absolute Gasteiger partial charge is 0.0250 e. The van der Waals surface area contributed by atoms with Crippen LogP contribution in [0.1, 0.15) is 32.3 Å². The molecule has 1 rings (SSSR count). The van der Waals surface area contributed by atoms with E-state index in [1.807, 2.05) is 18.2 Å².